The molecule has 3 aromatic rings. The minimum absolute atomic E-state index is 0.0934. The molecule has 0 spiro atoms. The van der Waals surface area contributed by atoms with Gasteiger partial charge in [0.25, 0.3) is 0 Å². The van der Waals surface area contributed by atoms with Crippen molar-refractivity contribution in [3.63, 3.8) is 0 Å². The molecule has 1 N–H and O–H groups in total. The first kappa shape index (κ1) is 18.1. The molecule has 6 heteroatoms. The Hall–Kier alpha value is -3.25. The Morgan fingerprint density at radius 3 is 2.64 bits per heavy atom. The van der Waals surface area contributed by atoms with Crippen LogP contribution in [0.4, 0.5) is 5.13 Å². The second kappa shape index (κ2) is 7.78. The molecule has 1 atom stereocenters. The van der Waals surface area contributed by atoms with E-state index in [0.717, 1.165) is 22.4 Å². The molecule has 28 heavy (non-hydrogen) atoms. The summed E-state index contributed by atoms with van der Waals surface area (Å²) in [5.41, 5.74) is 3.84. The van der Waals surface area contributed by atoms with Crippen molar-refractivity contribution in [2.24, 2.45) is 0 Å². The van der Waals surface area contributed by atoms with E-state index in [9.17, 15) is 9.59 Å². The number of carbonyl (C=O) groups is 2. The summed E-state index contributed by atoms with van der Waals surface area (Å²) in [6.07, 6.45) is 3.82. The number of fused-ring (bicyclic) bond motifs is 1. The largest absolute Gasteiger partial charge is 0.311 e. The number of hydrogen-bond donors (Lipinski definition) is 1. The molecule has 1 aliphatic rings. The van der Waals surface area contributed by atoms with Crippen LogP contribution in [0.15, 0.2) is 66.2 Å². The average Bonchev–Trinajstić information content (AvgIpc) is 3.17. The van der Waals surface area contributed by atoms with Gasteiger partial charge in [-0.05, 0) is 17.2 Å². The van der Waals surface area contributed by atoms with Crippen molar-refractivity contribution in [2.75, 3.05) is 5.32 Å². The molecule has 0 unspecified atom stereocenters. The first-order valence-corrected chi connectivity index (χ1v) is 9.86. The lowest BCUT2D eigenvalue weighted by atomic mass is 9.93. The highest BCUT2D eigenvalue weighted by molar-refractivity contribution is 7.14. The van der Waals surface area contributed by atoms with E-state index < -0.39 is 0 Å². The number of anilines is 1. The summed E-state index contributed by atoms with van der Waals surface area (Å²) >= 11 is 1.39. The van der Waals surface area contributed by atoms with Gasteiger partial charge in [0.05, 0.1) is 18.2 Å². The van der Waals surface area contributed by atoms with Crippen molar-refractivity contribution >= 4 is 34.4 Å². The van der Waals surface area contributed by atoms with Crippen LogP contribution in [0.2, 0.25) is 0 Å². The number of hydrogen-bond acceptors (Lipinski definition) is 4. The number of amides is 2. The van der Waals surface area contributed by atoms with Crippen LogP contribution in [0.1, 0.15) is 30.5 Å². The maximum atomic E-state index is 12.7. The molecule has 1 aliphatic heterocycles. The highest BCUT2D eigenvalue weighted by Gasteiger charge is 2.28. The summed E-state index contributed by atoms with van der Waals surface area (Å²) in [6, 6.07) is 17.3. The monoisotopic (exact) mass is 389 g/mol. The fraction of sp³-hybridized carbons (Fsp3) is 0.136. The lowest BCUT2D eigenvalue weighted by molar-refractivity contribution is -0.129. The zero-order chi connectivity index (χ0) is 19.5. The smallest absolute Gasteiger partial charge is 0.228 e. The zero-order valence-electron chi connectivity index (χ0n) is 15.3. The molecule has 0 saturated heterocycles. The Labute approximate surface area is 167 Å². The fourth-order valence-electron chi connectivity index (χ4n) is 3.33. The van der Waals surface area contributed by atoms with Crippen LogP contribution < -0.4 is 5.32 Å². The number of carbonyl (C=O) groups excluding carboxylic acids is 2. The molecular formula is C22H19N3O2S. The molecule has 2 heterocycles. The predicted molar refractivity (Wildman–Crippen MR) is 112 cm³/mol. The van der Waals surface area contributed by atoms with Crippen LogP contribution in [0.25, 0.3) is 17.3 Å². The van der Waals surface area contributed by atoms with Crippen molar-refractivity contribution < 1.29 is 9.59 Å². The molecular weight excluding hydrogens is 370 g/mol. The van der Waals surface area contributed by atoms with Gasteiger partial charge in [0.1, 0.15) is 0 Å². The maximum absolute atomic E-state index is 12.7. The van der Waals surface area contributed by atoms with Crippen molar-refractivity contribution in [3.8, 4) is 11.3 Å². The quantitative estimate of drug-likeness (QED) is 0.703. The molecule has 0 saturated carbocycles. The second-order valence-electron chi connectivity index (χ2n) is 6.54. The van der Waals surface area contributed by atoms with E-state index >= 15 is 0 Å². The maximum Gasteiger partial charge on any atom is 0.228 e. The highest BCUT2D eigenvalue weighted by Crippen LogP contribution is 2.33. The first-order chi connectivity index (χ1) is 13.6. The van der Waals surface area contributed by atoms with Gasteiger partial charge >= 0.3 is 0 Å². The standard InChI is InChI=1S/C22H19N3O2S/c1-15(26)25-12-11-16-7-5-6-10-18(16)20(25)13-21(27)24-22-23-19(14-28-22)17-8-3-2-4-9-17/h2-12,14,20H,13H2,1H3,(H,23,24,27)/t20-/m1/s1. The summed E-state index contributed by atoms with van der Waals surface area (Å²) < 4.78 is 0. The third-order valence-electron chi connectivity index (χ3n) is 4.67. The highest BCUT2D eigenvalue weighted by atomic mass is 32.1. The topological polar surface area (TPSA) is 62.3 Å². The summed E-state index contributed by atoms with van der Waals surface area (Å²) in [4.78, 5) is 30.9. The normalized spacial score (nSPS) is 15.2. The molecule has 0 fully saturated rings. The SMILES string of the molecule is CC(=O)N1C=Cc2ccccc2[C@H]1CC(=O)Nc1nc(-c2ccccc2)cs1. The number of nitrogens with zero attached hydrogens (tertiary/aromatic N) is 2. The van der Waals surface area contributed by atoms with Crippen LogP contribution in [-0.2, 0) is 9.59 Å². The Morgan fingerprint density at radius 1 is 1.11 bits per heavy atom. The predicted octanol–water partition coefficient (Wildman–Crippen LogP) is 4.71. The second-order valence-corrected chi connectivity index (χ2v) is 7.40. The molecule has 140 valence electrons. The van der Waals surface area contributed by atoms with Crippen molar-refractivity contribution in [1.82, 2.24) is 9.88 Å². The van der Waals surface area contributed by atoms with Crippen molar-refractivity contribution in [1.29, 1.82) is 0 Å². The molecule has 2 amide bonds. The summed E-state index contributed by atoms with van der Waals surface area (Å²) in [5, 5.41) is 5.35. The number of thiazole rings is 1. The lowest BCUT2D eigenvalue weighted by Gasteiger charge is -2.32. The average molecular weight is 389 g/mol. The summed E-state index contributed by atoms with van der Waals surface area (Å²) in [5.74, 6) is -0.264. The van der Waals surface area contributed by atoms with E-state index in [-0.39, 0.29) is 24.3 Å². The van der Waals surface area contributed by atoms with E-state index in [0.29, 0.717) is 5.13 Å². The molecule has 0 radical (unpaired) electrons. The molecule has 1 aromatic heterocycles. The van der Waals surface area contributed by atoms with Crippen LogP contribution in [-0.4, -0.2) is 21.7 Å². The van der Waals surface area contributed by atoms with Crippen LogP contribution >= 0.6 is 11.3 Å². The third kappa shape index (κ3) is 3.73. The molecule has 5 nitrogen and oxygen atoms in total. The van der Waals surface area contributed by atoms with Gasteiger partial charge in [-0.1, -0.05) is 54.6 Å². The van der Waals surface area contributed by atoms with Gasteiger partial charge in [0.2, 0.25) is 11.8 Å². The number of nitrogens with one attached hydrogen (secondary N) is 1. The summed E-state index contributed by atoms with van der Waals surface area (Å²) in [6.45, 7) is 1.51. The number of aromatic nitrogens is 1. The van der Waals surface area contributed by atoms with Crippen LogP contribution in [0.5, 0.6) is 0 Å². The minimum Gasteiger partial charge on any atom is -0.311 e. The van der Waals surface area contributed by atoms with Crippen molar-refractivity contribution in [2.45, 2.75) is 19.4 Å². The molecule has 4 rings (SSSR count). The van der Waals surface area contributed by atoms with E-state index in [4.69, 9.17) is 0 Å². The van der Waals surface area contributed by atoms with E-state index in [2.05, 4.69) is 10.3 Å². The van der Waals surface area contributed by atoms with Gasteiger partial charge in [0, 0.05) is 24.1 Å². The van der Waals surface area contributed by atoms with E-state index in [1.165, 1.54) is 18.3 Å². The lowest BCUT2D eigenvalue weighted by Crippen LogP contribution is -2.33. The van der Waals surface area contributed by atoms with Gasteiger partial charge in [-0.3, -0.25) is 9.59 Å². The Bertz CT molecular complexity index is 1040. The Morgan fingerprint density at radius 2 is 1.86 bits per heavy atom. The molecule has 0 bridgehead atoms. The van der Waals surface area contributed by atoms with Gasteiger partial charge < -0.3 is 10.2 Å². The number of benzene rings is 2. The third-order valence-corrected chi connectivity index (χ3v) is 5.43. The van der Waals surface area contributed by atoms with Gasteiger partial charge in [-0.2, -0.15) is 0 Å². The van der Waals surface area contributed by atoms with E-state index in [1.54, 1.807) is 11.1 Å². The van der Waals surface area contributed by atoms with Crippen LogP contribution in [0, 0.1) is 0 Å². The van der Waals surface area contributed by atoms with Crippen LogP contribution in [0.3, 0.4) is 0 Å². The zero-order valence-corrected chi connectivity index (χ0v) is 16.1. The Kier molecular flexibility index (Phi) is 5.04. The van der Waals surface area contributed by atoms with E-state index in [1.807, 2.05) is 66.1 Å². The minimum atomic E-state index is -0.327. The van der Waals surface area contributed by atoms with Gasteiger partial charge in [-0.15, -0.1) is 11.3 Å². The first-order valence-electron chi connectivity index (χ1n) is 8.98. The summed E-state index contributed by atoms with van der Waals surface area (Å²) in [7, 11) is 0. The van der Waals surface area contributed by atoms with Gasteiger partial charge in [-0.25, -0.2) is 4.98 Å². The molecule has 2 aromatic carbocycles. The molecule has 0 aliphatic carbocycles. The van der Waals surface area contributed by atoms with Gasteiger partial charge in [0.15, 0.2) is 5.13 Å². The fourth-order valence-corrected chi connectivity index (χ4v) is 4.07. The Balaban J connectivity index is 1.51. The van der Waals surface area contributed by atoms with Crippen molar-refractivity contribution in [3.05, 3.63) is 77.3 Å². The number of rotatable bonds is 4.